The molecule has 0 radical (unpaired) electrons. The number of hydrogen-bond donors (Lipinski definition) is 2. The number of ether oxygens (including phenoxy) is 1. The monoisotopic (exact) mass is 518 g/mol. The number of esters is 1. The van der Waals surface area contributed by atoms with Gasteiger partial charge in [-0.1, -0.05) is 35.9 Å². The summed E-state index contributed by atoms with van der Waals surface area (Å²) in [6.07, 6.45) is 1.79. The maximum Gasteiger partial charge on any atom is 0.414 e. The number of benzene rings is 2. The molecule has 4 atom stereocenters. The molecule has 0 aromatic heterocycles. The molecule has 2 aromatic carbocycles. The fourth-order valence-corrected chi connectivity index (χ4v) is 7.53. The van der Waals surface area contributed by atoms with Crippen LogP contribution in [0.2, 0.25) is 5.02 Å². The number of carboxylic acid groups (broad SMARTS) is 2. The van der Waals surface area contributed by atoms with Crippen molar-refractivity contribution in [2.45, 2.75) is 48.9 Å². The molecule has 3 aliphatic rings. The van der Waals surface area contributed by atoms with Crippen molar-refractivity contribution in [1.82, 2.24) is 0 Å². The number of fused-ring (bicyclic) bond motifs is 7. The van der Waals surface area contributed by atoms with Gasteiger partial charge in [0.2, 0.25) is 5.54 Å². The van der Waals surface area contributed by atoms with Crippen molar-refractivity contribution in [2.24, 2.45) is 5.92 Å². The van der Waals surface area contributed by atoms with Crippen LogP contribution in [0.25, 0.3) is 0 Å². The molecule has 7 nitrogen and oxygen atoms in total. The maximum absolute atomic E-state index is 12.6. The van der Waals surface area contributed by atoms with Gasteiger partial charge in [0, 0.05) is 39.6 Å². The van der Waals surface area contributed by atoms with Crippen LogP contribution >= 0.6 is 23.4 Å². The predicted octanol–water partition coefficient (Wildman–Crippen LogP) is 4.54. The number of nitrogens with zero attached hydrogens (tertiary/aromatic N) is 1. The first kappa shape index (κ1) is 25.5. The number of halogens is 1. The Labute approximate surface area is 213 Å². The van der Waals surface area contributed by atoms with Crippen LogP contribution in [0.4, 0.5) is 0 Å². The molecule has 0 amide bonds. The number of carbonyl (C=O) groups is 3. The lowest BCUT2D eigenvalue weighted by Gasteiger charge is -2.30. The smallest absolute Gasteiger partial charge is 0.414 e. The number of likely N-dealkylation sites (N-methyl/N-ethyl adjacent to an activating group) is 1. The molecule has 3 heterocycles. The lowest BCUT2D eigenvalue weighted by molar-refractivity contribution is -0.845. The molecule has 3 aliphatic heterocycles. The van der Waals surface area contributed by atoms with E-state index < -0.39 is 11.9 Å². The van der Waals surface area contributed by atoms with Crippen molar-refractivity contribution >= 4 is 41.3 Å². The average molecular weight is 519 g/mol. The number of carboxylic acids is 2. The van der Waals surface area contributed by atoms with Gasteiger partial charge in [0.25, 0.3) is 0 Å². The van der Waals surface area contributed by atoms with Crippen molar-refractivity contribution in [3.05, 3.63) is 64.2 Å². The Kier molecular flexibility index (Phi) is 7.18. The third-order valence-corrected chi connectivity index (χ3v) is 8.99. The molecule has 0 aliphatic carbocycles. The zero-order chi connectivity index (χ0) is 25.4. The molecular weight excluding hydrogens is 490 g/mol. The van der Waals surface area contributed by atoms with Crippen molar-refractivity contribution in [3.8, 4) is 0 Å². The second-order valence-electron chi connectivity index (χ2n) is 9.03. The zero-order valence-electron chi connectivity index (χ0n) is 19.7. The van der Waals surface area contributed by atoms with Crippen molar-refractivity contribution in [3.63, 3.8) is 0 Å². The van der Waals surface area contributed by atoms with Crippen LogP contribution in [0.3, 0.4) is 0 Å². The Balaban J connectivity index is 0.000000431. The number of carbonyl (C=O) groups excluding carboxylic acids is 1. The highest BCUT2D eigenvalue weighted by atomic mass is 35.5. The largest absolute Gasteiger partial charge is 0.473 e. The summed E-state index contributed by atoms with van der Waals surface area (Å²) in [5.74, 6) is -2.69. The summed E-state index contributed by atoms with van der Waals surface area (Å²) in [6.45, 7) is 6.72. The Bertz CT molecular complexity index is 1160. The second kappa shape index (κ2) is 9.84. The molecule has 2 fully saturated rings. The number of piperidine rings is 1. The Hall–Kier alpha value is -2.55. The lowest BCUT2D eigenvalue weighted by Crippen LogP contribution is -2.41. The van der Waals surface area contributed by atoms with E-state index in [2.05, 4.69) is 43.3 Å². The Morgan fingerprint density at radius 3 is 2.49 bits per heavy atom. The minimum Gasteiger partial charge on any atom is -0.473 e. The summed E-state index contributed by atoms with van der Waals surface area (Å²) < 4.78 is 6.44. The van der Waals surface area contributed by atoms with Gasteiger partial charge in [0.15, 0.2) is 6.04 Å². The van der Waals surface area contributed by atoms with E-state index in [1.54, 1.807) is 0 Å². The third-order valence-electron chi connectivity index (χ3n) is 7.63. The molecule has 2 N–H and O–H groups in total. The summed E-state index contributed by atoms with van der Waals surface area (Å²) in [4.78, 5) is 32.1. The molecule has 3 unspecified atom stereocenters. The second-order valence-corrected chi connectivity index (χ2v) is 10.5. The quantitative estimate of drug-likeness (QED) is 0.266. The van der Waals surface area contributed by atoms with E-state index in [1.165, 1.54) is 21.6 Å². The van der Waals surface area contributed by atoms with Crippen molar-refractivity contribution in [1.29, 1.82) is 0 Å². The minimum absolute atomic E-state index is 0.00262. The number of thioether (sulfide) groups is 1. The summed E-state index contributed by atoms with van der Waals surface area (Å²) in [5, 5.41) is 15.6. The highest BCUT2D eigenvalue weighted by Crippen LogP contribution is 2.68. The van der Waals surface area contributed by atoms with E-state index in [9.17, 15) is 4.79 Å². The molecule has 0 saturated carbocycles. The van der Waals surface area contributed by atoms with E-state index in [-0.39, 0.29) is 17.4 Å². The van der Waals surface area contributed by atoms with Gasteiger partial charge in [0.1, 0.15) is 0 Å². The molecule has 35 heavy (non-hydrogen) atoms. The predicted molar refractivity (Wildman–Crippen MR) is 132 cm³/mol. The van der Waals surface area contributed by atoms with Gasteiger partial charge < -0.3 is 14.9 Å². The van der Waals surface area contributed by atoms with E-state index in [0.717, 1.165) is 41.2 Å². The van der Waals surface area contributed by atoms with Crippen LogP contribution in [0.5, 0.6) is 0 Å². The van der Waals surface area contributed by atoms with E-state index in [0.29, 0.717) is 12.6 Å². The standard InChI is InChI=1S/C24H27ClNO2S.C2H2O4/c1-3-26-12-11-16(23(27)28-4-2)13-22(26)24(26)19-8-6-5-7-17(19)15-29-21-10-9-18(25)14-20(21)24;3-1(4)2(5)6/h5-10,14,16,22H,3-4,11-13,15H2,1-2H3;(H,3,4)(H,5,6)/q+1;/t16?,22?,24-,26?;/m1./s1. The van der Waals surface area contributed by atoms with Crippen LogP contribution in [-0.2, 0) is 30.4 Å². The first-order chi connectivity index (χ1) is 16.7. The fraction of sp³-hybridized carbons (Fsp3) is 0.423. The maximum atomic E-state index is 12.6. The van der Waals surface area contributed by atoms with E-state index in [1.807, 2.05) is 24.8 Å². The zero-order valence-corrected chi connectivity index (χ0v) is 21.3. The summed E-state index contributed by atoms with van der Waals surface area (Å²) in [7, 11) is 0. The minimum atomic E-state index is -1.82. The molecule has 1 spiro atoms. The van der Waals surface area contributed by atoms with Gasteiger partial charge in [-0.2, -0.15) is 0 Å². The van der Waals surface area contributed by atoms with E-state index in [4.69, 9.17) is 36.1 Å². The summed E-state index contributed by atoms with van der Waals surface area (Å²) in [5.41, 5.74) is 4.11. The molecular formula is C26H29ClNO6S+. The van der Waals surface area contributed by atoms with Crippen LogP contribution in [0.1, 0.15) is 43.4 Å². The number of hydrogen-bond acceptors (Lipinski definition) is 5. The first-order valence-corrected chi connectivity index (χ1v) is 13.1. The highest BCUT2D eigenvalue weighted by molar-refractivity contribution is 7.98. The Morgan fingerprint density at radius 2 is 1.83 bits per heavy atom. The topological polar surface area (TPSA) is 101 Å². The summed E-state index contributed by atoms with van der Waals surface area (Å²) in [6, 6.07) is 15.7. The van der Waals surface area contributed by atoms with Gasteiger partial charge in [-0.15, -0.1) is 11.8 Å². The summed E-state index contributed by atoms with van der Waals surface area (Å²) >= 11 is 8.44. The van der Waals surface area contributed by atoms with Gasteiger partial charge in [-0.3, -0.25) is 9.28 Å². The van der Waals surface area contributed by atoms with Gasteiger partial charge in [-0.05, 0) is 37.6 Å². The molecule has 2 saturated heterocycles. The van der Waals surface area contributed by atoms with Crippen LogP contribution in [0.15, 0.2) is 47.4 Å². The number of quaternary nitrogens is 1. The van der Waals surface area contributed by atoms with Crippen molar-refractivity contribution in [2.75, 3.05) is 19.7 Å². The van der Waals surface area contributed by atoms with Crippen LogP contribution in [-0.4, -0.2) is 58.3 Å². The first-order valence-electron chi connectivity index (χ1n) is 11.7. The fourth-order valence-electron chi connectivity index (χ4n) is 6.27. The van der Waals surface area contributed by atoms with Crippen molar-refractivity contribution < 1.29 is 33.8 Å². The normalized spacial score (nSPS) is 27.7. The Morgan fingerprint density at radius 1 is 1.11 bits per heavy atom. The average Bonchev–Trinajstić information content (AvgIpc) is 3.50. The van der Waals surface area contributed by atoms with Crippen LogP contribution in [0, 0.1) is 5.92 Å². The molecule has 9 heteroatoms. The van der Waals surface area contributed by atoms with Gasteiger partial charge >= 0.3 is 17.9 Å². The lowest BCUT2D eigenvalue weighted by atomic mass is 9.82. The third kappa shape index (κ3) is 4.11. The number of rotatable bonds is 3. The highest BCUT2D eigenvalue weighted by Gasteiger charge is 2.82. The van der Waals surface area contributed by atoms with Crippen LogP contribution < -0.4 is 0 Å². The molecule has 2 aromatic rings. The molecule has 186 valence electrons. The molecule has 5 rings (SSSR count). The molecule has 0 bridgehead atoms. The number of aliphatic carboxylic acids is 2. The van der Waals surface area contributed by atoms with Gasteiger partial charge in [0.05, 0.1) is 25.6 Å². The van der Waals surface area contributed by atoms with Gasteiger partial charge in [-0.25, -0.2) is 9.59 Å². The van der Waals surface area contributed by atoms with E-state index >= 15 is 0 Å². The SMILES string of the molecule is CCOC(=O)C1CC[N+]2(CC)C(C1)[C@]21c2ccccc2CSc2ccc(Cl)cc21.O=C(O)C(=O)O.